The molecule has 96 heavy (non-hydrogen) atoms. The van der Waals surface area contributed by atoms with E-state index in [9.17, 15) is 43.2 Å². The fourth-order valence-electron chi connectivity index (χ4n) is 10.1. The van der Waals surface area contributed by atoms with E-state index < -0.39 is 97.5 Å². The maximum absolute atomic E-state index is 13.1. The second-order valence-corrected chi connectivity index (χ2v) is 28.1. The second kappa shape index (κ2) is 69.7. The second-order valence-electron chi connectivity index (χ2n) is 25.2. The molecule has 0 aliphatic carbocycles. The van der Waals surface area contributed by atoms with Crippen molar-refractivity contribution in [1.82, 2.24) is 0 Å². The Labute approximate surface area is 583 Å². The van der Waals surface area contributed by atoms with Gasteiger partial charge in [0.25, 0.3) is 0 Å². The van der Waals surface area contributed by atoms with E-state index in [1.807, 2.05) is 18.2 Å². The van der Waals surface area contributed by atoms with Crippen LogP contribution in [0.25, 0.3) is 0 Å². The molecule has 5 atom stereocenters. The molecule has 0 aliphatic heterocycles. The van der Waals surface area contributed by atoms with Crippen molar-refractivity contribution < 1.29 is 80.2 Å². The molecular formula is C77H136O17P2. The van der Waals surface area contributed by atoms with E-state index in [0.29, 0.717) is 32.1 Å². The highest BCUT2D eigenvalue weighted by molar-refractivity contribution is 7.47. The van der Waals surface area contributed by atoms with Crippen LogP contribution in [0.4, 0.5) is 0 Å². The zero-order valence-electron chi connectivity index (χ0n) is 60.5. The van der Waals surface area contributed by atoms with E-state index in [0.717, 1.165) is 116 Å². The van der Waals surface area contributed by atoms with Crippen LogP contribution in [0, 0.1) is 0 Å². The summed E-state index contributed by atoms with van der Waals surface area (Å²) in [5.41, 5.74) is 0. The molecule has 0 heterocycles. The molecule has 0 amide bonds. The molecule has 17 nitrogen and oxygen atoms in total. The summed E-state index contributed by atoms with van der Waals surface area (Å²) in [5.74, 6) is -2.26. The van der Waals surface area contributed by atoms with Gasteiger partial charge >= 0.3 is 39.5 Å². The molecular weight excluding hydrogens is 1260 g/mol. The van der Waals surface area contributed by atoms with E-state index in [2.05, 4.69) is 94.5 Å². The Balaban J connectivity index is 5.36. The predicted octanol–water partition coefficient (Wildman–Crippen LogP) is 21.4. The SMILES string of the molecule is CC/C=C\C/C=C\C/C=C\C/C=C\C/C=C\C/C=C\CCC(=O)OCC(COP(=O)(O)OCC(O)COP(=O)(O)OCC(COC(=O)CCCCCCCCCCCCCCC)OC(=O)CCCCCCCCCCCCC)OC(=O)CCCCCCC/C=C\CCCCCC. The average Bonchev–Trinajstić information content (AvgIpc) is 1.17. The van der Waals surface area contributed by atoms with Gasteiger partial charge < -0.3 is 33.8 Å². The van der Waals surface area contributed by atoms with Gasteiger partial charge in [0.1, 0.15) is 19.3 Å². The molecule has 3 N–H and O–H groups in total. The molecule has 0 aromatic rings. The number of unbranched alkanes of at least 4 members (excludes halogenated alkanes) is 31. The summed E-state index contributed by atoms with van der Waals surface area (Å²) >= 11 is 0. The van der Waals surface area contributed by atoms with Crippen molar-refractivity contribution in [3.8, 4) is 0 Å². The van der Waals surface area contributed by atoms with E-state index in [1.54, 1.807) is 0 Å². The largest absolute Gasteiger partial charge is 0.472 e. The standard InChI is InChI=1S/C77H136O17P2/c1-5-9-13-17-21-25-29-32-33-34-35-36-37-40-43-46-50-54-58-62-75(80)88-68-73(94-77(82)64-60-56-52-48-44-39-31-27-23-19-15-11-7-3)70-92-96(85,86)90-66-71(78)65-89-95(83,84)91-69-72(93-76(81)63-59-55-51-47-41-28-24-20-16-12-8-4)67-87-74(79)61-57-53-49-45-42-38-30-26-22-18-14-10-6-2/h9,13,21,25,27,31-33,35-36,40,43,50,54,71-73,78H,5-8,10-12,14-20,22-24,26,28-30,34,37-39,41-42,44-49,51-53,55-70H2,1-4H3,(H,83,84)(H,85,86)/b13-9-,25-21-,31-27-,33-32-,36-35-,43-40-,54-50-. The number of hydrogen-bond donors (Lipinski definition) is 3. The van der Waals surface area contributed by atoms with Crippen LogP contribution in [0.5, 0.6) is 0 Å². The van der Waals surface area contributed by atoms with Crippen LogP contribution in [0.3, 0.4) is 0 Å². The first-order valence-corrected chi connectivity index (χ1v) is 40.8. The first kappa shape index (κ1) is 92.2. The number of carbonyl (C=O) groups excluding carboxylic acids is 4. The van der Waals surface area contributed by atoms with Gasteiger partial charge in [0, 0.05) is 25.7 Å². The Bertz CT molecular complexity index is 2160. The van der Waals surface area contributed by atoms with Crippen molar-refractivity contribution >= 4 is 39.5 Å². The molecule has 0 bridgehead atoms. The van der Waals surface area contributed by atoms with Crippen molar-refractivity contribution in [1.29, 1.82) is 0 Å². The van der Waals surface area contributed by atoms with E-state index in [-0.39, 0.29) is 25.7 Å². The molecule has 0 rings (SSSR count). The number of allylic oxidation sites excluding steroid dienone is 14. The van der Waals surface area contributed by atoms with Crippen LogP contribution in [0.1, 0.15) is 323 Å². The summed E-state index contributed by atoms with van der Waals surface area (Å²) in [6.07, 6.45) is 70.2. The van der Waals surface area contributed by atoms with Gasteiger partial charge in [-0.1, -0.05) is 293 Å². The van der Waals surface area contributed by atoms with Gasteiger partial charge in [0.05, 0.1) is 26.4 Å². The number of phosphoric acid groups is 2. The first-order valence-electron chi connectivity index (χ1n) is 37.8. The van der Waals surface area contributed by atoms with Crippen molar-refractivity contribution in [2.24, 2.45) is 0 Å². The summed E-state index contributed by atoms with van der Waals surface area (Å²) in [5, 5.41) is 10.6. The Morgan fingerprint density at radius 2 is 0.562 bits per heavy atom. The lowest BCUT2D eigenvalue weighted by atomic mass is 10.0. The lowest BCUT2D eigenvalue weighted by molar-refractivity contribution is -0.161. The van der Waals surface area contributed by atoms with Crippen molar-refractivity contribution in [2.45, 2.75) is 341 Å². The van der Waals surface area contributed by atoms with Gasteiger partial charge in [-0.2, -0.15) is 0 Å². The smallest absolute Gasteiger partial charge is 0.462 e. The third-order valence-corrected chi connectivity index (χ3v) is 17.8. The molecule has 0 saturated heterocycles. The number of esters is 4. The molecule has 0 radical (unpaired) electrons. The topological polar surface area (TPSA) is 237 Å². The summed E-state index contributed by atoms with van der Waals surface area (Å²) in [6, 6.07) is 0. The molecule has 0 aromatic heterocycles. The number of hydrogen-bond acceptors (Lipinski definition) is 15. The highest BCUT2D eigenvalue weighted by Crippen LogP contribution is 2.45. The molecule has 0 aliphatic rings. The highest BCUT2D eigenvalue weighted by Gasteiger charge is 2.30. The molecule has 556 valence electrons. The predicted molar refractivity (Wildman–Crippen MR) is 390 cm³/mol. The fraction of sp³-hybridized carbons (Fsp3) is 0.766. The number of aliphatic hydroxyl groups is 1. The normalized spacial score (nSPS) is 14.4. The fourth-order valence-corrected chi connectivity index (χ4v) is 11.7. The van der Waals surface area contributed by atoms with Crippen LogP contribution in [0.15, 0.2) is 85.1 Å². The van der Waals surface area contributed by atoms with E-state index in [1.165, 1.54) is 122 Å². The summed E-state index contributed by atoms with van der Waals surface area (Å²) in [4.78, 5) is 72.7. The van der Waals surface area contributed by atoms with Crippen molar-refractivity contribution in [2.75, 3.05) is 39.6 Å². The number of carbonyl (C=O) groups is 4. The van der Waals surface area contributed by atoms with Crippen molar-refractivity contribution in [3.05, 3.63) is 85.1 Å². The molecule has 5 unspecified atom stereocenters. The zero-order valence-corrected chi connectivity index (χ0v) is 62.3. The molecule has 0 saturated carbocycles. The lowest BCUT2D eigenvalue weighted by Crippen LogP contribution is -2.30. The monoisotopic (exact) mass is 1390 g/mol. The number of rotatable bonds is 71. The van der Waals surface area contributed by atoms with Crippen LogP contribution in [-0.4, -0.2) is 96.7 Å². The van der Waals surface area contributed by atoms with Gasteiger partial charge in [-0.25, -0.2) is 9.13 Å². The maximum Gasteiger partial charge on any atom is 0.472 e. The van der Waals surface area contributed by atoms with E-state index in [4.69, 9.17) is 37.0 Å². The minimum Gasteiger partial charge on any atom is -0.462 e. The highest BCUT2D eigenvalue weighted by atomic mass is 31.2. The summed E-state index contributed by atoms with van der Waals surface area (Å²) < 4.78 is 68.3. The first-order chi connectivity index (χ1) is 46.7. The Kier molecular flexibility index (Phi) is 67.0. The molecule has 19 heteroatoms. The van der Waals surface area contributed by atoms with Crippen molar-refractivity contribution in [3.63, 3.8) is 0 Å². The summed E-state index contributed by atoms with van der Waals surface area (Å²) in [6.45, 7) is 4.67. The average molecular weight is 1400 g/mol. The van der Waals surface area contributed by atoms with E-state index >= 15 is 0 Å². The Morgan fingerprint density at radius 3 is 0.906 bits per heavy atom. The molecule has 0 aromatic carbocycles. The third-order valence-electron chi connectivity index (χ3n) is 15.9. The third kappa shape index (κ3) is 68.8. The number of phosphoric ester groups is 2. The Morgan fingerprint density at radius 1 is 0.302 bits per heavy atom. The Hall–Kier alpha value is -3.76. The van der Waals surface area contributed by atoms with Gasteiger partial charge in [-0.3, -0.25) is 37.3 Å². The molecule has 0 spiro atoms. The quantitative estimate of drug-likeness (QED) is 0.0169. The minimum atomic E-state index is -4.98. The van der Waals surface area contributed by atoms with Crippen LogP contribution in [0.2, 0.25) is 0 Å². The minimum absolute atomic E-state index is 0.0361. The number of ether oxygens (including phenoxy) is 4. The number of aliphatic hydroxyl groups excluding tert-OH is 1. The van der Waals surface area contributed by atoms with Gasteiger partial charge in [-0.15, -0.1) is 0 Å². The lowest BCUT2D eigenvalue weighted by Gasteiger charge is -2.21. The van der Waals surface area contributed by atoms with Gasteiger partial charge in [-0.05, 0) is 89.9 Å². The zero-order chi connectivity index (χ0) is 70.4. The summed E-state index contributed by atoms with van der Waals surface area (Å²) in [7, 11) is -9.95. The molecule has 0 fully saturated rings. The van der Waals surface area contributed by atoms with Crippen LogP contribution < -0.4 is 0 Å². The van der Waals surface area contributed by atoms with Gasteiger partial charge in [0.15, 0.2) is 12.2 Å². The van der Waals surface area contributed by atoms with Gasteiger partial charge in [0.2, 0.25) is 0 Å². The van der Waals surface area contributed by atoms with Crippen LogP contribution in [-0.2, 0) is 65.4 Å². The maximum atomic E-state index is 13.1. The van der Waals surface area contributed by atoms with Crippen LogP contribution >= 0.6 is 15.6 Å².